The molecule has 0 bridgehead atoms. The third-order valence-electron chi connectivity index (χ3n) is 18.8. The average molecular weight is 1310 g/mol. The monoisotopic (exact) mass is 1300 g/mol. The fourth-order valence-electron chi connectivity index (χ4n) is 12.5. The Hall–Kier alpha value is -11.8. The molecular formula is C86H80O12. The van der Waals surface area contributed by atoms with Gasteiger partial charge in [0.2, 0.25) is 0 Å². The zero-order valence-corrected chi connectivity index (χ0v) is 55.9. The van der Waals surface area contributed by atoms with Gasteiger partial charge in [-0.2, -0.15) is 0 Å². The second-order valence-corrected chi connectivity index (χ2v) is 26.6. The topological polar surface area (TPSA) is 199 Å². The molecule has 0 aliphatic heterocycles. The van der Waals surface area contributed by atoms with Crippen LogP contribution in [0.25, 0.3) is 0 Å². The lowest BCUT2D eigenvalue weighted by atomic mass is 9.65. The summed E-state index contributed by atoms with van der Waals surface area (Å²) in [7, 11) is 0. The number of rotatable bonds is 20. The number of phenols is 8. The molecule has 0 aliphatic carbocycles. The molecule has 0 atom stereocenters. The van der Waals surface area contributed by atoms with Crippen LogP contribution in [0.2, 0.25) is 0 Å². The summed E-state index contributed by atoms with van der Waals surface area (Å²) in [6.07, 6.45) is -2.25. The average Bonchev–Trinajstić information content (AvgIpc) is 0.756. The Balaban J connectivity index is 0.000000278. The summed E-state index contributed by atoms with van der Waals surface area (Å²) in [4.78, 5) is 0. The predicted octanol–water partition coefficient (Wildman–Crippen LogP) is 18.9. The Bertz CT molecular complexity index is 3980. The molecule has 8 N–H and O–H groups in total. The molecule has 12 nitrogen and oxygen atoms in total. The van der Waals surface area contributed by atoms with E-state index in [0.29, 0.717) is 23.0 Å². The van der Waals surface area contributed by atoms with Gasteiger partial charge in [-0.05, 0) is 212 Å². The van der Waals surface area contributed by atoms with E-state index in [2.05, 4.69) is 55.4 Å². The van der Waals surface area contributed by atoms with Crippen molar-refractivity contribution in [3.05, 3.63) is 358 Å². The lowest BCUT2D eigenvalue weighted by Gasteiger charge is -2.37. The molecule has 0 aliphatic rings. The largest absolute Gasteiger partial charge is 0.611 e. The van der Waals surface area contributed by atoms with Gasteiger partial charge >= 0.3 is 6.16 Å². The highest BCUT2D eigenvalue weighted by Gasteiger charge is 2.45. The van der Waals surface area contributed by atoms with Crippen molar-refractivity contribution in [1.82, 2.24) is 0 Å². The molecule has 12 aromatic carbocycles. The van der Waals surface area contributed by atoms with Gasteiger partial charge < -0.3 is 59.8 Å². The maximum atomic E-state index is 9.99. The first-order chi connectivity index (χ1) is 46.7. The molecule has 496 valence electrons. The molecule has 0 radical (unpaired) electrons. The van der Waals surface area contributed by atoms with Crippen molar-refractivity contribution in [3.63, 3.8) is 0 Å². The molecule has 0 spiro atoms. The molecule has 12 aromatic rings. The fraction of sp³-hybridized carbons (Fsp3) is 0.163. The molecule has 0 fully saturated rings. The summed E-state index contributed by atoms with van der Waals surface area (Å²) >= 11 is 0. The minimum Gasteiger partial charge on any atom is -0.508 e. The summed E-state index contributed by atoms with van der Waals surface area (Å²) in [6, 6.07) is 87.6. The molecule has 98 heavy (non-hydrogen) atoms. The fourth-order valence-corrected chi connectivity index (χ4v) is 12.5. The molecule has 0 saturated carbocycles. The van der Waals surface area contributed by atoms with Crippen LogP contribution < -0.4 is 18.9 Å². The van der Waals surface area contributed by atoms with Gasteiger partial charge in [-0.15, -0.1) is 0 Å². The number of aromatic hydroxyl groups is 8. The van der Waals surface area contributed by atoms with Crippen LogP contribution in [-0.4, -0.2) is 47.0 Å². The van der Waals surface area contributed by atoms with E-state index in [1.54, 1.807) is 97.1 Å². The molecule has 12 rings (SSSR count). The van der Waals surface area contributed by atoms with Crippen LogP contribution >= 0.6 is 0 Å². The Morgan fingerprint density at radius 3 is 0.408 bits per heavy atom. The van der Waals surface area contributed by atoms with Crippen LogP contribution in [0.3, 0.4) is 0 Å². The van der Waals surface area contributed by atoms with Gasteiger partial charge in [0.15, 0.2) is 0 Å². The van der Waals surface area contributed by atoms with Crippen molar-refractivity contribution < 1.29 is 59.8 Å². The van der Waals surface area contributed by atoms with Crippen molar-refractivity contribution in [2.45, 2.75) is 88.6 Å². The van der Waals surface area contributed by atoms with E-state index in [9.17, 15) is 40.9 Å². The molecule has 12 heteroatoms. The van der Waals surface area contributed by atoms with E-state index in [0.717, 1.165) is 66.8 Å². The minimum atomic E-state index is -2.25. The molecule has 0 unspecified atom stereocenters. The summed E-state index contributed by atoms with van der Waals surface area (Å²) in [5, 5.41) is 79.4. The first kappa shape index (κ1) is 67.7. The lowest BCUT2D eigenvalue weighted by Crippen LogP contribution is -2.53. The standard InChI is InChI=1S/C61H60O8.C25H20O4/c1-57(2,41-9-25-49(62)26-10-41)45-17-33-53(34-18-45)66-61(67-54-35-19-46(20-36-54)58(3,4)42-11-27-50(63)28-12-42,68-55-37-21-47(22-38-55)59(5,6)43-13-29-51(64)30-14-43)69-56-39-23-48(24-40-56)60(7,8)44-15-31-52(65)32-16-44;26-21-9-1-17(2-10-21)25(18-3-11-22(27)12-4-18,19-5-13-23(28)14-6-19)20-7-15-24(29)16-8-20/h9-40,62-65H,1-8H3;1-16,26-29H. The van der Waals surface area contributed by atoms with Gasteiger partial charge in [-0.25, -0.2) is 0 Å². The molecule has 0 amide bonds. The molecular weight excluding hydrogens is 1220 g/mol. The normalized spacial score (nSPS) is 12.0. The third-order valence-corrected chi connectivity index (χ3v) is 18.8. The van der Waals surface area contributed by atoms with E-state index in [4.69, 9.17) is 18.9 Å². The van der Waals surface area contributed by atoms with Crippen molar-refractivity contribution in [1.29, 1.82) is 0 Å². The van der Waals surface area contributed by atoms with E-state index in [-0.39, 0.29) is 46.0 Å². The SMILES string of the molecule is CC(C)(c1ccc(O)cc1)c1ccc(OC(Oc2ccc(C(C)(C)c3ccc(O)cc3)cc2)(Oc2ccc(C(C)(C)c3ccc(O)cc3)cc2)Oc2ccc(C(C)(C)c3ccc(O)cc3)cc2)cc1.Oc1ccc(C(c2ccc(O)cc2)(c2ccc(O)cc2)c2ccc(O)cc2)cc1. The summed E-state index contributed by atoms with van der Waals surface area (Å²) in [6.45, 7) is 17.0. The Labute approximate surface area is 572 Å². The second kappa shape index (κ2) is 27.5. The van der Waals surface area contributed by atoms with Crippen molar-refractivity contribution in [2.24, 2.45) is 0 Å². The number of hydrogen-bond donors (Lipinski definition) is 8. The zero-order chi connectivity index (χ0) is 69.6. The number of hydrogen-bond acceptors (Lipinski definition) is 12. The first-order valence-electron chi connectivity index (χ1n) is 32.3. The molecule has 0 aromatic heterocycles. The predicted molar refractivity (Wildman–Crippen MR) is 383 cm³/mol. The Kier molecular flexibility index (Phi) is 19.0. The smallest absolute Gasteiger partial charge is 0.508 e. The van der Waals surface area contributed by atoms with Crippen molar-refractivity contribution in [2.75, 3.05) is 0 Å². The molecule has 0 heterocycles. The van der Waals surface area contributed by atoms with Gasteiger partial charge in [-0.1, -0.05) is 201 Å². The van der Waals surface area contributed by atoms with Crippen LogP contribution in [0.15, 0.2) is 291 Å². The van der Waals surface area contributed by atoms with Gasteiger partial charge in [0.1, 0.15) is 69.0 Å². The molecule has 0 saturated heterocycles. The maximum Gasteiger partial charge on any atom is 0.611 e. The zero-order valence-electron chi connectivity index (χ0n) is 55.9. The van der Waals surface area contributed by atoms with Crippen molar-refractivity contribution >= 4 is 0 Å². The minimum absolute atomic E-state index is 0.157. The van der Waals surface area contributed by atoms with Gasteiger partial charge in [0, 0.05) is 21.7 Å². The van der Waals surface area contributed by atoms with Gasteiger partial charge in [0.05, 0.1) is 5.41 Å². The summed E-state index contributed by atoms with van der Waals surface area (Å²) < 4.78 is 27.5. The Morgan fingerprint density at radius 1 is 0.163 bits per heavy atom. The summed E-state index contributed by atoms with van der Waals surface area (Å²) in [5.74, 6) is 3.06. The van der Waals surface area contributed by atoms with E-state index >= 15 is 0 Å². The summed E-state index contributed by atoms with van der Waals surface area (Å²) in [5.41, 5.74) is 9.29. The van der Waals surface area contributed by atoms with Crippen LogP contribution in [0.4, 0.5) is 0 Å². The number of ether oxygens (including phenoxy) is 4. The van der Waals surface area contributed by atoms with E-state index < -0.39 is 33.2 Å². The lowest BCUT2D eigenvalue weighted by molar-refractivity contribution is -0.367. The first-order valence-corrected chi connectivity index (χ1v) is 32.3. The maximum absolute atomic E-state index is 9.99. The second-order valence-electron chi connectivity index (χ2n) is 26.6. The van der Waals surface area contributed by atoms with Gasteiger partial charge in [0.25, 0.3) is 0 Å². The highest BCUT2D eigenvalue weighted by atomic mass is 17.0. The van der Waals surface area contributed by atoms with Crippen LogP contribution in [0.5, 0.6) is 69.0 Å². The Morgan fingerprint density at radius 2 is 0.276 bits per heavy atom. The van der Waals surface area contributed by atoms with Crippen molar-refractivity contribution in [3.8, 4) is 69.0 Å². The highest BCUT2D eigenvalue weighted by Crippen LogP contribution is 2.47. The van der Waals surface area contributed by atoms with Crippen LogP contribution in [0, 0.1) is 0 Å². The quantitative estimate of drug-likeness (QED) is 0.0266. The number of phenolic OH excluding ortho intramolecular Hbond substituents is 8. The van der Waals surface area contributed by atoms with Gasteiger partial charge in [-0.3, -0.25) is 0 Å². The highest BCUT2D eigenvalue weighted by molar-refractivity contribution is 5.62. The van der Waals surface area contributed by atoms with E-state index in [1.165, 1.54) is 0 Å². The third kappa shape index (κ3) is 14.6. The number of benzene rings is 12. The van der Waals surface area contributed by atoms with Crippen LogP contribution in [-0.2, 0) is 27.1 Å². The van der Waals surface area contributed by atoms with E-state index in [1.807, 2.05) is 194 Å². The van der Waals surface area contributed by atoms with Crippen LogP contribution in [0.1, 0.15) is 122 Å².